The number of nitrogens with one attached hydrogen (secondary N) is 1. The third kappa shape index (κ3) is 4.82. The summed E-state index contributed by atoms with van der Waals surface area (Å²) in [6.07, 6.45) is 3.96. The van der Waals surface area contributed by atoms with Crippen molar-refractivity contribution in [2.24, 2.45) is 5.92 Å². The predicted octanol–water partition coefficient (Wildman–Crippen LogP) is 3.11. The Kier molecular flexibility index (Phi) is 6.23. The van der Waals surface area contributed by atoms with Crippen LogP contribution in [0.3, 0.4) is 0 Å². The monoisotopic (exact) mass is 352 g/mol. The molecular formula is C21H28N4O. The van der Waals surface area contributed by atoms with Crippen LogP contribution in [0.5, 0.6) is 0 Å². The summed E-state index contributed by atoms with van der Waals surface area (Å²) in [5.74, 6) is 1.36. The number of rotatable bonds is 6. The van der Waals surface area contributed by atoms with Gasteiger partial charge in [0, 0.05) is 38.9 Å². The molecule has 5 nitrogen and oxygen atoms in total. The molecular weight excluding hydrogens is 324 g/mol. The normalized spacial score (nSPS) is 15.6. The van der Waals surface area contributed by atoms with Crippen LogP contribution in [0, 0.1) is 5.92 Å². The summed E-state index contributed by atoms with van der Waals surface area (Å²) < 4.78 is 0. The van der Waals surface area contributed by atoms with E-state index in [2.05, 4.69) is 45.5 Å². The van der Waals surface area contributed by atoms with E-state index in [-0.39, 0.29) is 5.91 Å². The van der Waals surface area contributed by atoms with Crippen molar-refractivity contribution in [3.63, 3.8) is 0 Å². The van der Waals surface area contributed by atoms with Gasteiger partial charge >= 0.3 is 0 Å². The maximum atomic E-state index is 12.7. The highest BCUT2D eigenvalue weighted by Gasteiger charge is 2.22. The minimum Gasteiger partial charge on any atom is -0.373 e. The van der Waals surface area contributed by atoms with Gasteiger partial charge in [0.2, 0.25) is 0 Å². The molecule has 1 aromatic heterocycles. The highest BCUT2D eigenvalue weighted by atomic mass is 16.2. The lowest BCUT2D eigenvalue weighted by molar-refractivity contribution is 0.0737. The van der Waals surface area contributed by atoms with Crippen LogP contribution in [0.1, 0.15) is 28.8 Å². The van der Waals surface area contributed by atoms with E-state index in [1.54, 1.807) is 18.3 Å². The van der Waals surface area contributed by atoms with Crippen LogP contribution in [-0.2, 0) is 6.54 Å². The Hall–Kier alpha value is -2.40. The Morgan fingerprint density at radius 3 is 2.65 bits per heavy atom. The molecule has 2 heterocycles. The average Bonchev–Trinajstić information content (AvgIpc) is 2.69. The standard InChI is InChI=1S/C21H28N4O/c1-22-20-14-19(8-11-23-20)21(26)24(2)15-18-9-12-25(13-10-18)16-17-6-4-3-5-7-17/h3-8,11,14,18H,9-10,12-13,15-16H2,1-2H3,(H,22,23). The third-order valence-corrected chi connectivity index (χ3v) is 5.10. The fourth-order valence-corrected chi connectivity index (χ4v) is 3.56. The van der Waals surface area contributed by atoms with Crippen molar-refractivity contribution in [1.82, 2.24) is 14.8 Å². The van der Waals surface area contributed by atoms with Crippen LogP contribution in [0.15, 0.2) is 48.7 Å². The fourth-order valence-electron chi connectivity index (χ4n) is 3.56. The first kappa shape index (κ1) is 18.4. The number of benzene rings is 1. The zero-order valence-corrected chi connectivity index (χ0v) is 15.7. The van der Waals surface area contributed by atoms with Gasteiger partial charge in [-0.2, -0.15) is 0 Å². The number of hydrogen-bond acceptors (Lipinski definition) is 4. The number of pyridine rings is 1. The molecule has 0 bridgehead atoms. The van der Waals surface area contributed by atoms with Crippen LogP contribution in [0.2, 0.25) is 0 Å². The largest absolute Gasteiger partial charge is 0.373 e. The van der Waals surface area contributed by atoms with Gasteiger partial charge in [-0.1, -0.05) is 30.3 Å². The van der Waals surface area contributed by atoms with E-state index in [0.29, 0.717) is 11.5 Å². The molecule has 0 aliphatic carbocycles. The van der Waals surface area contributed by atoms with E-state index in [0.717, 1.165) is 44.8 Å². The molecule has 5 heteroatoms. The van der Waals surface area contributed by atoms with Gasteiger partial charge in [-0.25, -0.2) is 4.98 Å². The van der Waals surface area contributed by atoms with Crippen molar-refractivity contribution in [2.75, 3.05) is 39.0 Å². The molecule has 1 fully saturated rings. The number of nitrogens with zero attached hydrogens (tertiary/aromatic N) is 3. The van der Waals surface area contributed by atoms with E-state index in [1.807, 2.05) is 19.0 Å². The van der Waals surface area contributed by atoms with Crippen LogP contribution < -0.4 is 5.32 Å². The van der Waals surface area contributed by atoms with Crippen molar-refractivity contribution in [3.05, 3.63) is 59.8 Å². The minimum absolute atomic E-state index is 0.0654. The second-order valence-corrected chi connectivity index (χ2v) is 7.07. The first-order valence-electron chi connectivity index (χ1n) is 9.31. The Labute approximate surface area is 156 Å². The maximum Gasteiger partial charge on any atom is 0.253 e. The molecule has 3 rings (SSSR count). The molecule has 1 aromatic carbocycles. The van der Waals surface area contributed by atoms with Crippen molar-refractivity contribution in [2.45, 2.75) is 19.4 Å². The lowest BCUT2D eigenvalue weighted by atomic mass is 9.95. The fraction of sp³-hybridized carbons (Fsp3) is 0.429. The Balaban J connectivity index is 1.48. The molecule has 1 amide bonds. The first-order chi connectivity index (χ1) is 12.7. The number of carbonyl (C=O) groups excluding carboxylic acids is 1. The zero-order valence-electron chi connectivity index (χ0n) is 15.7. The van der Waals surface area contributed by atoms with Gasteiger partial charge in [0.05, 0.1) is 0 Å². The smallest absolute Gasteiger partial charge is 0.253 e. The van der Waals surface area contributed by atoms with Gasteiger partial charge in [0.15, 0.2) is 0 Å². The average molecular weight is 352 g/mol. The van der Waals surface area contributed by atoms with E-state index < -0.39 is 0 Å². The molecule has 0 atom stereocenters. The highest BCUT2D eigenvalue weighted by Crippen LogP contribution is 2.20. The molecule has 1 N–H and O–H groups in total. The predicted molar refractivity (Wildman–Crippen MR) is 105 cm³/mol. The quantitative estimate of drug-likeness (QED) is 0.868. The lowest BCUT2D eigenvalue weighted by Crippen LogP contribution is -2.39. The summed E-state index contributed by atoms with van der Waals surface area (Å²) in [7, 11) is 3.71. The van der Waals surface area contributed by atoms with Crippen LogP contribution in [0.4, 0.5) is 5.82 Å². The van der Waals surface area contributed by atoms with Gasteiger partial charge in [-0.15, -0.1) is 0 Å². The number of amides is 1. The van der Waals surface area contributed by atoms with Gasteiger partial charge in [-0.05, 0) is 49.5 Å². The molecule has 1 aliphatic rings. The van der Waals surface area contributed by atoms with E-state index in [4.69, 9.17) is 0 Å². The number of carbonyl (C=O) groups is 1. The van der Waals surface area contributed by atoms with Crippen LogP contribution in [0.25, 0.3) is 0 Å². The van der Waals surface area contributed by atoms with Crippen molar-refractivity contribution in [1.29, 1.82) is 0 Å². The van der Waals surface area contributed by atoms with Crippen molar-refractivity contribution >= 4 is 11.7 Å². The summed E-state index contributed by atoms with van der Waals surface area (Å²) >= 11 is 0. The third-order valence-electron chi connectivity index (χ3n) is 5.10. The van der Waals surface area contributed by atoms with Crippen molar-refractivity contribution < 1.29 is 4.79 Å². The number of hydrogen-bond donors (Lipinski definition) is 1. The summed E-state index contributed by atoms with van der Waals surface area (Å²) in [6.45, 7) is 4.03. The molecule has 1 aliphatic heterocycles. The summed E-state index contributed by atoms with van der Waals surface area (Å²) in [6, 6.07) is 14.2. The van der Waals surface area contributed by atoms with E-state index >= 15 is 0 Å². The molecule has 0 spiro atoms. The van der Waals surface area contributed by atoms with Crippen LogP contribution in [-0.4, -0.2) is 54.4 Å². The van der Waals surface area contributed by atoms with Crippen LogP contribution >= 0.6 is 0 Å². The second-order valence-electron chi connectivity index (χ2n) is 7.07. The maximum absolute atomic E-state index is 12.7. The SMILES string of the molecule is CNc1cc(C(=O)N(C)CC2CCN(Cc3ccccc3)CC2)ccn1. The number of likely N-dealkylation sites (tertiary alicyclic amines) is 1. The van der Waals surface area contributed by atoms with Gasteiger partial charge in [0.25, 0.3) is 5.91 Å². The summed E-state index contributed by atoms with van der Waals surface area (Å²) in [4.78, 5) is 21.2. The lowest BCUT2D eigenvalue weighted by Gasteiger charge is -2.34. The zero-order chi connectivity index (χ0) is 18.4. The number of piperidine rings is 1. The van der Waals surface area contributed by atoms with Gasteiger partial charge < -0.3 is 10.2 Å². The molecule has 2 aromatic rings. The number of anilines is 1. The van der Waals surface area contributed by atoms with Crippen molar-refractivity contribution in [3.8, 4) is 0 Å². The van der Waals surface area contributed by atoms with E-state index in [1.165, 1.54) is 5.56 Å². The molecule has 138 valence electrons. The van der Waals surface area contributed by atoms with E-state index in [9.17, 15) is 4.79 Å². The second kappa shape index (κ2) is 8.81. The topological polar surface area (TPSA) is 48.5 Å². The van der Waals surface area contributed by atoms with Gasteiger partial charge in [0.1, 0.15) is 5.82 Å². The van der Waals surface area contributed by atoms with Gasteiger partial charge in [-0.3, -0.25) is 9.69 Å². The molecule has 0 radical (unpaired) electrons. The molecule has 0 unspecified atom stereocenters. The highest BCUT2D eigenvalue weighted by molar-refractivity contribution is 5.94. The molecule has 26 heavy (non-hydrogen) atoms. The molecule has 0 saturated carbocycles. The summed E-state index contributed by atoms with van der Waals surface area (Å²) in [5.41, 5.74) is 2.06. The number of aromatic nitrogens is 1. The summed E-state index contributed by atoms with van der Waals surface area (Å²) in [5, 5.41) is 2.98. The first-order valence-corrected chi connectivity index (χ1v) is 9.31. The Morgan fingerprint density at radius 1 is 1.23 bits per heavy atom. The molecule has 1 saturated heterocycles. The minimum atomic E-state index is 0.0654. The Morgan fingerprint density at radius 2 is 1.96 bits per heavy atom. The Bertz CT molecular complexity index is 711.